The number of hydrogen-bond acceptors (Lipinski definition) is 4. The number of carbonyl (C=O) groups is 1. The van der Waals surface area contributed by atoms with Crippen molar-refractivity contribution < 1.29 is 30.9 Å². The van der Waals surface area contributed by atoms with E-state index in [1.54, 1.807) is 0 Å². The summed E-state index contributed by atoms with van der Waals surface area (Å²) in [6, 6.07) is 0. The van der Waals surface area contributed by atoms with Gasteiger partial charge >= 0.3 is 21.4 Å². The van der Waals surface area contributed by atoms with Crippen LogP contribution in [0, 0.1) is 28.4 Å². The number of sulfonamides is 1. The van der Waals surface area contributed by atoms with Gasteiger partial charge in [0, 0.05) is 0 Å². The maximum atomic E-state index is 12.5. The van der Waals surface area contributed by atoms with Crippen LogP contribution in [0.15, 0.2) is 0 Å². The number of rotatable bonds is 2. The third-order valence-electron chi connectivity index (χ3n) is 5.25. The second-order valence-electron chi connectivity index (χ2n) is 6.76. The van der Waals surface area contributed by atoms with Crippen molar-refractivity contribution in [3.63, 3.8) is 0 Å². The van der Waals surface area contributed by atoms with Gasteiger partial charge in [0.15, 0.2) is 0 Å². The molecule has 5 nitrogen and oxygen atoms in total. The van der Waals surface area contributed by atoms with Crippen LogP contribution < -0.4 is 4.47 Å². The van der Waals surface area contributed by atoms with Crippen LogP contribution in [-0.2, 0) is 14.8 Å². The topological polar surface area (TPSA) is 78.7 Å². The Morgan fingerprint density at radius 3 is 1.76 bits per heavy atom. The van der Waals surface area contributed by atoms with E-state index in [2.05, 4.69) is 0 Å². The van der Waals surface area contributed by atoms with E-state index in [4.69, 9.17) is 0 Å². The predicted octanol–water partition coefficient (Wildman–Crippen LogP) is 0.962. The first-order valence-electron chi connectivity index (χ1n) is 6.95. The Bertz CT molecular complexity index is 536. The second-order valence-corrected chi connectivity index (χ2v) is 8.60. The average Bonchev–Trinajstić information content (AvgIpc) is 2.33. The lowest BCUT2D eigenvalue weighted by molar-refractivity contribution is -0.631. The van der Waals surface area contributed by atoms with Crippen LogP contribution in [0.3, 0.4) is 0 Å². The third kappa shape index (κ3) is 2.20. The molecular formula is C12H16F3NO4S. The van der Waals surface area contributed by atoms with Crippen LogP contribution in [0.25, 0.3) is 0 Å². The van der Waals surface area contributed by atoms with Gasteiger partial charge in [-0.15, -0.1) is 0 Å². The molecule has 4 rings (SSSR count). The lowest BCUT2D eigenvalue weighted by Gasteiger charge is -2.55. The van der Waals surface area contributed by atoms with E-state index in [1.165, 1.54) is 0 Å². The van der Waals surface area contributed by atoms with E-state index in [-0.39, 0.29) is 17.8 Å². The molecule has 1 unspecified atom stereocenters. The highest BCUT2D eigenvalue weighted by Gasteiger charge is 2.61. The second kappa shape index (κ2) is 4.42. The highest BCUT2D eigenvalue weighted by atomic mass is 32.2. The minimum atomic E-state index is -6.06. The smallest absolute Gasteiger partial charge is 0.550 e. The molecule has 1 N–H and O–H groups in total. The molecule has 0 aromatic carbocycles. The monoisotopic (exact) mass is 327 g/mol. The summed E-state index contributed by atoms with van der Waals surface area (Å²) >= 11 is 0. The molecule has 0 saturated heterocycles. The molecule has 4 saturated carbocycles. The lowest BCUT2D eigenvalue weighted by atomic mass is 9.49. The fraction of sp³-hybridized carbons (Fsp3) is 0.917. The predicted molar refractivity (Wildman–Crippen MR) is 64.9 cm³/mol. The largest absolute Gasteiger partial charge is 0.610 e. The van der Waals surface area contributed by atoms with Gasteiger partial charge < -0.3 is 5.21 Å². The first kappa shape index (κ1) is 15.2. The average molecular weight is 327 g/mol. The van der Waals surface area contributed by atoms with E-state index < -0.39 is 31.3 Å². The summed E-state index contributed by atoms with van der Waals surface area (Å²) in [6.45, 7) is 0. The highest BCUT2D eigenvalue weighted by Crippen LogP contribution is 2.59. The Morgan fingerprint density at radius 1 is 1.05 bits per heavy atom. The van der Waals surface area contributed by atoms with Gasteiger partial charge in [-0.25, -0.2) is 4.79 Å². The maximum absolute atomic E-state index is 12.5. The van der Waals surface area contributed by atoms with Crippen molar-refractivity contribution in [2.24, 2.45) is 23.2 Å². The molecule has 120 valence electrons. The standard InChI is InChI=1S/C12H16F3NO4S/c13-12(14,15)21(19,20)16(18)10(17)11-4-7-1-8(5-11)3-9(2-7)6-11/h7-9,16H,1-6H2. The van der Waals surface area contributed by atoms with E-state index in [0.29, 0.717) is 19.3 Å². The zero-order valence-electron chi connectivity index (χ0n) is 11.1. The Hall–Kier alpha value is -0.670. The number of halogens is 3. The Balaban J connectivity index is 1.89. The van der Waals surface area contributed by atoms with Crippen molar-refractivity contribution in [1.29, 1.82) is 0 Å². The van der Waals surface area contributed by atoms with Crippen LogP contribution in [-0.4, -0.2) is 19.8 Å². The molecule has 4 aliphatic carbocycles. The van der Waals surface area contributed by atoms with E-state index in [9.17, 15) is 31.6 Å². The van der Waals surface area contributed by atoms with Crippen LogP contribution in [0.4, 0.5) is 13.2 Å². The van der Waals surface area contributed by atoms with Crippen LogP contribution >= 0.6 is 0 Å². The molecular weight excluding hydrogens is 311 g/mol. The minimum absolute atomic E-state index is 0.238. The number of quaternary nitrogens is 1. The first-order valence-corrected chi connectivity index (χ1v) is 8.43. The van der Waals surface area contributed by atoms with Gasteiger partial charge in [-0.1, -0.05) is 0 Å². The number of hydrogen-bond donors (Lipinski definition) is 1. The van der Waals surface area contributed by atoms with Crippen LogP contribution in [0.5, 0.6) is 0 Å². The summed E-state index contributed by atoms with van der Waals surface area (Å²) in [5.74, 6) is -0.622. The Kier molecular flexibility index (Phi) is 3.21. The molecule has 0 radical (unpaired) electrons. The van der Waals surface area contributed by atoms with Crippen molar-refractivity contribution in [3.05, 3.63) is 5.21 Å². The van der Waals surface area contributed by atoms with E-state index >= 15 is 0 Å². The summed E-state index contributed by atoms with van der Waals surface area (Å²) < 4.78 is 57.5. The number of hydroxylamine groups is 1. The van der Waals surface area contributed by atoms with E-state index in [0.717, 1.165) is 19.3 Å². The molecule has 9 heteroatoms. The van der Waals surface area contributed by atoms with Gasteiger partial charge in [-0.2, -0.15) is 26.1 Å². The van der Waals surface area contributed by atoms with Gasteiger partial charge in [0.2, 0.25) is 0 Å². The minimum Gasteiger partial charge on any atom is -0.610 e. The SMILES string of the molecule is O=C([NH+]([O-])S(=O)(=O)C(F)(F)F)C12CC3CC(CC(C3)C1)C2. The molecule has 0 aromatic heterocycles. The van der Waals surface area contributed by atoms with Gasteiger partial charge in [0.1, 0.15) is 0 Å². The molecule has 0 aliphatic heterocycles. The van der Waals surface area contributed by atoms with Gasteiger partial charge in [0.05, 0.1) is 5.41 Å². The third-order valence-corrected chi connectivity index (χ3v) is 6.54. The normalized spacial score (nSPS) is 40.3. The summed E-state index contributed by atoms with van der Waals surface area (Å²) in [7, 11) is -6.06. The number of amides is 1. The fourth-order valence-electron chi connectivity index (χ4n) is 4.83. The lowest BCUT2D eigenvalue weighted by Crippen LogP contribution is -3.15. The highest BCUT2D eigenvalue weighted by molar-refractivity contribution is 7.86. The zero-order chi connectivity index (χ0) is 15.6. The summed E-state index contributed by atoms with van der Waals surface area (Å²) in [6.07, 6.45) is 3.89. The molecule has 4 bridgehead atoms. The molecule has 0 spiro atoms. The molecule has 4 fully saturated rings. The van der Waals surface area contributed by atoms with Gasteiger partial charge in [0.25, 0.3) is 0 Å². The van der Waals surface area contributed by atoms with Crippen LogP contribution in [0.1, 0.15) is 38.5 Å². The number of carbonyl (C=O) groups excluding carboxylic acids is 1. The van der Waals surface area contributed by atoms with Crippen molar-refractivity contribution in [3.8, 4) is 0 Å². The van der Waals surface area contributed by atoms with Gasteiger partial charge in [-0.3, -0.25) is 0 Å². The zero-order valence-corrected chi connectivity index (χ0v) is 12.0. The van der Waals surface area contributed by atoms with E-state index in [1.807, 2.05) is 0 Å². The molecule has 1 amide bonds. The Morgan fingerprint density at radius 2 is 1.43 bits per heavy atom. The van der Waals surface area contributed by atoms with Crippen molar-refractivity contribution >= 4 is 15.9 Å². The van der Waals surface area contributed by atoms with Crippen LogP contribution in [0.2, 0.25) is 0 Å². The number of alkyl halides is 3. The molecule has 21 heavy (non-hydrogen) atoms. The van der Waals surface area contributed by atoms with Crippen molar-refractivity contribution in [2.45, 2.75) is 44.0 Å². The summed E-state index contributed by atoms with van der Waals surface area (Å²) in [5.41, 5.74) is -6.87. The first-order chi connectivity index (χ1) is 9.55. The fourth-order valence-corrected chi connectivity index (χ4v) is 5.50. The molecule has 1 atom stereocenters. The van der Waals surface area contributed by atoms with Gasteiger partial charge in [-0.05, 0) is 56.3 Å². The quantitative estimate of drug-likeness (QED) is 0.766. The van der Waals surface area contributed by atoms with Crippen molar-refractivity contribution in [1.82, 2.24) is 0 Å². The van der Waals surface area contributed by atoms with Crippen molar-refractivity contribution in [2.75, 3.05) is 0 Å². The molecule has 4 aliphatic rings. The summed E-state index contributed by atoms with van der Waals surface area (Å²) in [5, 5.41) is 11.7. The summed E-state index contributed by atoms with van der Waals surface area (Å²) in [4.78, 5) is 12.3. The molecule has 0 aromatic rings. The Labute approximate surface area is 120 Å². The number of nitrogens with one attached hydrogen (secondary N) is 1. The maximum Gasteiger partial charge on any atom is 0.550 e. The molecule has 0 heterocycles.